The van der Waals surface area contributed by atoms with Crippen LogP contribution in [-0.4, -0.2) is 49.4 Å². The topological polar surface area (TPSA) is 97.4 Å². The maximum atomic E-state index is 13.9. The molecular weight excluding hydrogens is 541 g/mol. The largest absolute Gasteiger partial charge is 0.393 e. The smallest absolute Gasteiger partial charge is 0.225 e. The molecule has 7 rings (SSSR count). The summed E-state index contributed by atoms with van der Waals surface area (Å²) >= 11 is 1.01. The number of nitriles is 1. The number of hydrogen-bond acceptors (Lipinski definition) is 7. The molecule has 2 heterocycles. The van der Waals surface area contributed by atoms with Gasteiger partial charge in [0.25, 0.3) is 0 Å². The van der Waals surface area contributed by atoms with E-state index in [0.717, 1.165) is 48.0 Å². The zero-order valence-electron chi connectivity index (χ0n) is 23.9. The van der Waals surface area contributed by atoms with E-state index in [9.17, 15) is 19.6 Å². The van der Waals surface area contributed by atoms with E-state index in [4.69, 9.17) is 9.47 Å². The first-order valence-corrected chi connectivity index (χ1v) is 15.6. The Morgan fingerprint density at radius 1 is 1.27 bits per heavy atom. The minimum atomic E-state index is -1.19. The van der Waals surface area contributed by atoms with Gasteiger partial charge in [0.05, 0.1) is 41.6 Å². The Labute approximate surface area is 244 Å². The third kappa shape index (κ3) is 3.67. The van der Waals surface area contributed by atoms with Gasteiger partial charge in [-0.3, -0.25) is 4.79 Å². The van der Waals surface area contributed by atoms with Crippen molar-refractivity contribution < 1.29 is 23.8 Å². The van der Waals surface area contributed by atoms with Crippen molar-refractivity contribution in [1.82, 2.24) is 9.78 Å². The lowest BCUT2D eigenvalue weighted by molar-refractivity contribution is -0.222. The normalized spacial score (nSPS) is 39.9. The molecule has 216 valence electrons. The Kier molecular flexibility index (Phi) is 6.00. The molecule has 1 aliphatic heterocycles. The number of rotatable bonds is 3. The zero-order chi connectivity index (χ0) is 28.9. The Morgan fingerprint density at radius 2 is 2.02 bits per heavy atom. The molecule has 7 nitrogen and oxygen atoms in total. The minimum absolute atomic E-state index is 0.0219. The number of carbonyl (C=O) groups is 1. The Balaban J connectivity index is 1.25. The number of fused-ring (bicyclic) bond motifs is 8. The van der Waals surface area contributed by atoms with Crippen molar-refractivity contribution in [3.8, 4) is 11.8 Å². The first-order valence-electron chi connectivity index (χ1n) is 14.6. The number of aliphatic hydroxyl groups excluding tert-OH is 1. The predicted molar refractivity (Wildman–Crippen MR) is 152 cm³/mol. The van der Waals surface area contributed by atoms with Crippen LogP contribution in [0.5, 0.6) is 0 Å². The van der Waals surface area contributed by atoms with Crippen LogP contribution in [0.2, 0.25) is 0 Å². The molecule has 2 aromatic rings. The molecule has 3 saturated carbocycles. The fraction of sp³-hybridized carbons (Fsp3) is 0.594. The molecule has 1 aromatic heterocycles. The van der Waals surface area contributed by atoms with Gasteiger partial charge in [0.1, 0.15) is 5.82 Å². The van der Waals surface area contributed by atoms with Gasteiger partial charge in [-0.15, -0.1) is 0 Å². The summed E-state index contributed by atoms with van der Waals surface area (Å²) in [5.41, 5.74) is 2.23. The maximum Gasteiger partial charge on any atom is 0.225 e. The summed E-state index contributed by atoms with van der Waals surface area (Å²) in [5, 5.41) is 25.8. The fourth-order valence-corrected chi connectivity index (χ4v) is 10.4. The SMILES string of the molecule is CC1(C)O[C@@H]2C[C@H]3[C@@H]4CCC5=Cc6c(cnn6-c6ccc(F)cc6)C[C@]5(C)[C@H]4[C@@H](O)C[C@]3(C)[C@]2(C(=O)SCC#N)O1. The van der Waals surface area contributed by atoms with E-state index in [1.807, 2.05) is 24.7 Å². The minimum Gasteiger partial charge on any atom is -0.393 e. The van der Waals surface area contributed by atoms with Crippen LogP contribution >= 0.6 is 11.8 Å². The van der Waals surface area contributed by atoms with Crippen molar-refractivity contribution in [2.45, 2.75) is 83.4 Å². The van der Waals surface area contributed by atoms with Crippen molar-refractivity contribution in [3.05, 3.63) is 53.1 Å². The van der Waals surface area contributed by atoms with Gasteiger partial charge in [0, 0.05) is 5.41 Å². The van der Waals surface area contributed by atoms with Crippen molar-refractivity contribution in [2.75, 3.05) is 5.75 Å². The van der Waals surface area contributed by atoms with E-state index in [1.165, 1.54) is 17.7 Å². The number of allylic oxidation sites excluding steroid dienone is 1. The quantitative estimate of drug-likeness (QED) is 0.518. The molecule has 0 radical (unpaired) electrons. The molecule has 0 unspecified atom stereocenters. The van der Waals surface area contributed by atoms with E-state index in [2.05, 4.69) is 31.1 Å². The third-order valence-corrected chi connectivity index (χ3v) is 11.9. The highest BCUT2D eigenvalue weighted by Crippen LogP contribution is 2.71. The van der Waals surface area contributed by atoms with Gasteiger partial charge < -0.3 is 14.6 Å². The average Bonchev–Trinajstić information content (AvgIpc) is 3.52. The second kappa shape index (κ2) is 9.00. The summed E-state index contributed by atoms with van der Waals surface area (Å²) < 4.78 is 28.5. The van der Waals surface area contributed by atoms with E-state index in [-0.39, 0.29) is 39.9 Å². The van der Waals surface area contributed by atoms with Crippen LogP contribution in [-0.2, 0) is 20.7 Å². The molecule has 0 spiro atoms. The Hall–Kier alpha value is -2.51. The van der Waals surface area contributed by atoms with Gasteiger partial charge in [-0.25, -0.2) is 9.07 Å². The lowest BCUT2D eigenvalue weighted by Gasteiger charge is -2.60. The van der Waals surface area contributed by atoms with Crippen LogP contribution in [0.25, 0.3) is 11.8 Å². The fourth-order valence-electron chi connectivity index (χ4n) is 9.62. The van der Waals surface area contributed by atoms with E-state index < -0.39 is 29.0 Å². The van der Waals surface area contributed by atoms with Crippen LogP contribution in [0.15, 0.2) is 36.0 Å². The molecule has 4 aliphatic carbocycles. The first-order chi connectivity index (χ1) is 19.4. The van der Waals surface area contributed by atoms with Gasteiger partial charge in [0.15, 0.2) is 11.4 Å². The van der Waals surface area contributed by atoms with E-state index in [0.29, 0.717) is 12.8 Å². The highest BCUT2D eigenvalue weighted by atomic mass is 32.2. The Morgan fingerprint density at radius 3 is 2.76 bits per heavy atom. The van der Waals surface area contributed by atoms with E-state index in [1.54, 1.807) is 12.1 Å². The number of aromatic nitrogens is 2. The monoisotopic (exact) mass is 577 g/mol. The number of halogens is 1. The molecule has 1 N–H and O–H groups in total. The summed E-state index contributed by atoms with van der Waals surface area (Å²) in [6.07, 6.45) is 6.84. The molecule has 5 aliphatic rings. The summed E-state index contributed by atoms with van der Waals surface area (Å²) in [6, 6.07) is 8.47. The number of aliphatic hydroxyl groups is 1. The maximum absolute atomic E-state index is 13.9. The van der Waals surface area contributed by atoms with Crippen LogP contribution in [0.4, 0.5) is 4.39 Å². The summed E-state index contributed by atoms with van der Waals surface area (Å²) in [7, 11) is 0. The molecule has 8 atom stereocenters. The highest BCUT2D eigenvalue weighted by Gasteiger charge is 2.77. The number of ether oxygens (including phenoxy) is 2. The van der Waals surface area contributed by atoms with Crippen molar-refractivity contribution >= 4 is 23.0 Å². The number of carbonyl (C=O) groups excluding carboxylic acids is 1. The standard InChI is InChI=1S/C32H36FN3O4S/c1-29(2)39-26-14-23-22-10-5-19-13-24-18(17-35-36(24)21-8-6-20(33)7-9-21)15-30(19,3)27(22)25(37)16-31(23,4)32(26,40-29)28(38)41-12-11-34/h6-9,13,17,22-23,25-27,37H,5,10,12,14-16H2,1-4H3/t22-,23-,25-,26+,27+,30-,31-,32-/m0/s1. The molecular formula is C32H36FN3O4S. The number of thioether (sulfide) groups is 1. The van der Waals surface area contributed by atoms with Gasteiger partial charge >= 0.3 is 0 Å². The van der Waals surface area contributed by atoms with Crippen LogP contribution in [0.3, 0.4) is 0 Å². The summed E-state index contributed by atoms with van der Waals surface area (Å²) in [6.45, 7) is 8.10. The van der Waals surface area contributed by atoms with Crippen LogP contribution < -0.4 is 0 Å². The Bertz CT molecular complexity index is 1500. The van der Waals surface area contributed by atoms with E-state index >= 15 is 0 Å². The van der Waals surface area contributed by atoms with Gasteiger partial charge in [-0.05, 0) is 105 Å². The molecule has 0 amide bonds. The molecule has 41 heavy (non-hydrogen) atoms. The third-order valence-electron chi connectivity index (χ3n) is 11.1. The average molecular weight is 578 g/mol. The summed E-state index contributed by atoms with van der Waals surface area (Å²) in [5.74, 6) is -0.764. The summed E-state index contributed by atoms with van der Waals surface area (Å²) in [4.78, 5) is 13.9. The molecule has 4 fully saturated rings. The lowest BCUT2D eigenvalue weighted by Crippen LogP contribution is -2.63. The van der Waals surface area contributed by atoms with Crippen LogP contribution in [0, 0.1) is 45.7 Å². The highest BCUT2D eigenvalue weighted by molar-refractivity contribution is 8.14. The molecule has 0 bridgehead atoms. The molecule has 1 saturated heterocycles. The molecule has 1 aromatic carbocycles. The molecule has 9 heteroatoms. The van der Waals surface area contributed by atoms with Gasteiger partial charge in [-0.2, -0.15) is 10.4 Å². The van der Waals surface area contributed by atoms with Crippen molar-refractivity contribution in [1.29, 1.82) is 5.26 Å². The second-order valence-corrected chi connectivity index (χ2v) is 14.5. The second-order valence-electron chi connectivity index (χ2n) is 13.5. The number of benzene rings is 1. The lowest BCUT2D eigenvalue weighted by atomic mass is 9.45. The number of nitrogens with zero attached hydrogens (tertiary/aromatic N) is 3. The van der Waals surface area contributed by atoms with Gasteiger partial charge in [-0.1, -0.05) is 31.2 Å². The van der Waals surface area contributed by atoms with Crippen molar-refractivity contribution in [2.24, 2.45) is 28.6 Å². The zero-order valence-corrected chi connectivity index (χ0v) is 24.7. The van der Waals surface area contributed by atoms with Gasteiger partial charge in [0.2, 0.25) is 5.12 Å². The number of hydrogen-bond donors (Lipinski definition) is 1. The predicted octanol–water partition coefficient (Wildman–Crippen LogP) is 5.45. The van der Waals surface area contributed by atoms with Crippen molar-refractivity contribution in [3.63, 3.8) is 0 Å². The first kappa shape index (κ1) is 27.3. The van der Waals surface area contributed by atoms with Crippen LogP contribution in [0.1, 0.15) is 64.6 Å².